The van der Waals surface area contributed by atoms with E-state index in [1.54, 1.807) is 0 Å². The van der Waals surface area contributed by atoms with Crippen molar-refractivity contribution >= 4 is 5.91 Å². The molecule has 2 saturated carbocycles. The zero-order valence-corrected chi connectivity index (χ0v) is 10.6. The molecule has 3 heteroatoms. The molecule has 0 heterocycles. The molecule has 3 rings (SSSR count). The molecule has 0 bridgehead atoms. The Labute approximate surface area is 108 Å². The summed E-state index contributed by atoms with van der Waals surface area (Å²) in [6, 6.07) is 11.1. The maximum Gasteiger partial charge on any atom is 0.234 e. The van der Waals surface area contributed by atoms with Gasteiger partial charge in [0.05, 0.1) is 12.6 Å². The van der Waals surface area contributed by atoms with Gasteiger partial charge in [0.2, 0.25) is 5.91 Å². The van der Waals surface area contributed by atoms with Crippen LogP contribution in [-0.2, 0) is 4.79 Å². The summed E-state index contributed by atoms with van der Waals surface area (Å²) in [4.78, 5) is 11.9. The number of carbonyl (C=O) groups is 1. The van der Waals surface area contributed by atoms with Crippen molar-refractivity contribution < 1.29 is 4.79 Å². The molecule has 2 fully saturated rings. The third-order valence-electron chi connectivity index (χ3n) is 3.70. The van der Waals surface area contributed by atoms with Crippen molar-refractivity contribution in [3.8, 4) is 0 Å². The van der Waals surface area contributed by atoms with Crippen LogP contribution in [0.2, 0.25) is 0 Å². The lowest BCUT2D eigenvalue weighted by atomic mass is 10.0. The zero-order valence-electron chi connectivity index (χ0n) is 10.6. The molecule has 18 heavy (non-hydrogen) atoms. The van der Waals surface area contributed by atoms with Crippen molar-refractivity contribution in [1.29, 1.82) is 0 Å². The van der Waals surface area contributed by atoms with Crippen LogP contribution in [0.4, 0.5) is 0 Å². The largest absolute Gasteiger partial charge is 0.348 e. The van der Waals surface area contributed by atoms with Crippen LogP contribution in [0.3, 0.4) is 0 Å². The maximum absolute atomic E-state index is 11.9. The lowest BCUT2D eigenvalue weighted by molar-refractivity contribution is -0.121. The van der Waals surface area contributed by atoms with Crippen molar-refractivity contribution in [2.24, 2.45) is 5.92 Å². The molecule has 0 saturated heterocycles. The predicted octanol–water partition coefficient (Wildman–Crippen LogP) is 2.01. The summed E-state index contributed by atoms with van der Waals surface area (Å²) in [5.41, 5.74) is 1.24. The van der Waals surface area contributed by atoms with Gasteiger partial charge in [0.25, 0.3) is 0 Å². The standard InChI is InChI=1S/C15H20N2O/c18-14(10-16-13-8-9-13)17-15(12-6-7-12)11-4-2-1-3-5-11/h1-5,12-13,15-16H,6-10H2,(H,17,18). The average molecular weight is 244 g/mol. The normalized spacial score (nSPS) is 20.4. The molecule has 1 aromatic rings. The lowest BCUT2D eigenvalue weighted by Gasteiger charge is -2.19. The van der Waals surface area contributed by atoms with Gasteiger partial charge < -0.3 is 10.6 Å². The molecule has 96 valence electrons. The zero-order chi connectivity index (χ0) is 12.4. The Bertz CT molecular complexity index is 410. The van der Waals surface area contributed by atoms with Gasteiger partial charge in [-0.1, -0.05) is 30.3 Å². The van der Waals surface area contributed by atoms with Gasteiger partial charge in [-0.15, -0.1) is 0 Å². The fraction of sp³-hybridized carbons (Fsp3) is 0.533. The summed E-state index contributed by atoms with van der Waals surface area (Å²) in [5, 5.41) is 6.44. The molecule has 2 aliphatic carbocycles. The van der Waals surface area contributed by atoms with Crippen LogP contribution >= 0.6 is 0 Å². The van der Waals surface area contributed by atoms with Gasteiger partial charge in [-0.05, 0) is 37.2 Å². The first-order chi connectivity index (χ1) is 8.83. The summed E-state index contributed by atoms with van der Waals surface area (Å²) < 4.78 is 0. The van der Waals surface area contributed by atoms with Gasteiger partial charge >= 0.3 is 0 Å². The molecule has 2 N–H and O–H groups in total. The van der Waals surface area contributed by atoms with Crippen LogP contribution in [0.1, 0.15) is 37.3 Å². The van der Waals surface area contributed by atoms with E-state index in [2.05, 4.69) is 22.8 Å². The molecule has 0 spiro atoms. The van der Waals surface area contributed by atoms with E-state index in [-0.39, 0.29) is 11.9 Å². The van der Waals surface area contributed by atoms with Crippen LogP contribution in [0.25, 0.3) is 0 Å². The number of carbonyl (C=O) groups excluding carboxylic acids is 1. The van der Waals surface area contributed by atoms with E-state index in [9.17, 15) is 4.79 Å². The first-order valence-electron chi connectivity index (χ1n) is 6.90. The van der Waals surface area contributed by atoms with Gasteiger partial charge in [0.1, 0.15) is 0 Å². The second kappa shape index (κ2) is 5.11. The highest BCUT2D eigenvalue weighted by atomic mass is 16.2. The summed E-state index contributed by atoms with van der Waals surface area (Å²) in [7, 11) is 0. The highest BCUT2D eigenvalue weighted by Crippen LogP contribution is 2.40. The van der Waals surface area contributed by atoms with Crippen LogP contribution in [0.5, 0.6) is 0 Å². The van der Waals surface area contributed by atoms with E-state index in [1.807, 2.05) is 18.2 Å². The summed E-state index contributed by atoms with van der Waals surface area (Å²) in [6.07, 6.45) is 4.90. The fourth-order valence-electron chi connectivity index (χ4n) is 2.31. The Balaban J connectivity index is 1.58. The Morgan fingerprint density at radius 1 is 1.17 bits per heavy atom. The average Bonchev–Trinajstić information content (AvgIpc) is 3.28. The van der Waals surface area contributed by atoms with Crippen molar-refractivity contribution in [3.63, 3.8) is 0 Å². The monoisotopic (exact) mass is 244 g/mol. The maximum atomic E-state index is 11.9. The van der Waals surface area contributed by atoms with Gasteiger partial charge in [0.15, 0.2) is 0 Å². The van der Waals surface area contributed by atoms with E-state index in [1.165, 1.54) is 31.2 Å². The Kier molecular flexibility index (Phi) is 3.33. The SMILES string of the molecule is O=C(CNC1CC1)NC(c1ccccc1)C1CC1. The van der Waals surface area contributed by atoms with Crippen molar-refractivity contribution in [2.75, 3.05) is 6.54 Å². The van der Waals surface area contributed by atoms with E-state index in [4.69, 9.17) is 0 Å². The Hall–Kier alpha value is -1.35. The third-order valence-corrected chi connectivity index (χ3v) is 3.70. The summed E-state index contributed by atoms with van der Waals surface area (Å²) in [6.45, 7) is 0.459. The number of amides is 1. The van der Waals surface area contributed by atoms with E-state index in [0.717, 1.165) is 0 Å². The van der Waals surface area contributed by atoms with Crippen LogP contribution in [0.15, 0.2) is 30.3 Å². The molecule has 1 amide bonds. The number of rotatable bonds is 6. The van der Waals surface area contributed by atoms with E-state index in [0.29, 0.717) is 18.5 Å². The van der Waals surface area contributed by atoms with Crippen molar-refractivity contribution in [1.82, 2.24) is 10.6 Å². The minimum absolute atomic E-state index is 0.127. The molecule has 0 radical (unpaired) electrons. The molecule has 1 aromatic carbocycles. The number of hydrogen-bond acceptors (Lipinski definition) is 2. The molecule has 3 nitrogen and oxygen atoms in total. The minimum Gasteiger partial charge on any atom is -0.348 e. The van der Waals surface area contributed by atoms with Crippen LogP contribution < -0.4 is 10.6 Å². The highest BCUT2D eigenvalue weighted by Gasteiger charge is 2.33. The number of benzene rings is 1. The molecule has 0 aromatic heterocycles. The quantitative estimate of drug-likeness (QED) is 0.803. The predicted molar refractivity (Wildman–Crippen MR) is 71.1 cm³/mol. The van der Waals surface area contributed by atoms with E-state index >= 15 is 0 Å². The molecular formula is C15H20N2O. The second-order valence-corrected chi connectivity index (χ2v) is 5.45. The van der Waals surface area contributed by atoms with Crippen LogP contribution in [-0.4, -0.2) is 18.5 Å². The number of nitrogens with one attached hydrogen (secondary N) is 2. The Morgan fingerprint density at radius 2 is 1.89 bits per heavy atom. The van der Waals surface area contributed by atoms with Crippen molar-refractivity contribution in [3.05, 3.63) is 35.9 Å². The smallest absolute Gasteiger partial charge is 0.234 e. The first kappa shape index (κ1) is 11.7. The van der Waals surface area contributed by atoms with E-state index < -0.39 is 0 Å². The summed E-state index contributed by atoms with van der Waals surface area (Å²) in [5.74, 6) is 0.764. The van der Waals surface area contributed by atoms with Gasteiger partial charge in [-0.25, -0.2) is 0 Å². The molecule has 1 unspecified atom stereocenters. The first-order valence-corrected chi connectivity index (χ1v) is 6.90. The fourth-order valence-corrected chi connectivity index (χ4v) is 2.31. The Morgan fingerprint density at radius 3 is 2.50 bits per heavy atom. The van der Waals surface area contributed by atoms with Crippen molar-refractivity contribution in [2.45, 2.75) is 37.8 Å². The molecule has 2 aliphatic rings. The number of hydrogen-bond donors (Lipinski definition) is 2. The lowest BCUT2D eigenvalue weighted by Crippen LogP contribution is -2.37. The highest BCUT2D eigenvalue weighted by molar-refractivity contribution is 5.78. The summed E-state index contributed by atoms with van der Waals surface area (Å²) >= 11 is 0. The van der Waals surface area contributed by atoms with Gasteiger partial charge in [-0.2, -0.15) is 0 Å². The van der Waals surface area contributed by atoms with Gasteiger partial charge in [0, 0.05) is 6.04 Å². The molecule has 1 atom stereocenters. The van der Waals surface area contributed by atoms with Crippen LogP contribution in [0, 0.1) is 5.92 Å². The molecular weight excluding hydrogens is 224 g/mol. The second-order valence-electron chi connectivity index (χ2n) is 5.45. The van der Waals surface area contributed by atoms with Gasteiger partial charge in [-0.3, -0.25) is 4.79 Å². The minimum atomic E-state index is 0.127. The third kappa shape index (κ3) is 3.10. The topological polar surface area (TPSA) is 41.1 Å². The molecule has 0 aliphatic heterocycles.